The number of morpholine rings is 1. The van der Waals surface area contributed by atoms with Gasteiger partial charge in [0.05, 0.1) is 30.9 Å². The lowest BCUT2D eigenvalue weighted by molar-refractivity contribution is -0.0385. The van der Waals surface area contributed by atoms with Crippen molar-refractivity contribution < 1.29 is 19.0 Å². The molecule has 1 aromatic rings. The maximum atomic E-state index is 14.0. The average molecular weight is 328 g/mol. The van der Waals surface area contributed by atoms with Crippen LogP contribution in [0, 0.1) is 11.7 Å². The first-order valence-corrected chi connectivity index (χ1v) is 7.97. The molecular formula is C16H19ClFNO3. The fourth-order valence-corrected chi connectivity index (χ4v) is 3.62. The Morgan fingerprint density at radius 3 is 2.91 bits per heavy atom. The van der Waals surface area contributed by atoms with Gasteiger partial charge in [0.2, 0.25) is 0 Å². The van der Waals surface area contributed by atoms with E-state index in [0.717, 1.165) is 25.3 Å². The van der Waals surface area contributed by atoms with Gasteiger partial charge in [-0.15, -0.1) is 0 Å². The highest BCUT2D eigenvalue weighted by molar-refractivity contribution is 6.30. The fraction of sp³-hybridized carbons (Fsp3) is 0.562. The third kappa shape index (κ3) is 2.98. The molecule has 0 aromatic heterocycles. The minimum Gasteiger partial charge on any atom is -0.393 e. The summed E-state index contributed by atoms with van der Waals surface area (Å²) in [5.74, 6) is -0.976. The van der Waals surface area contributed by atoms with E-state index in [2.05, 4.69) is 0 Å². The summed E-state index contributed by atoms with van der Waals surface area (Å²) < 4.78 is 19.5. The number of nitrogens with zero attached hydrogens (tertiary/aromatic N) is 1. The number of aliphatic hydroxyl groups excluding tert-OH is 1. The highest BCUT2D eigenvalue weighted by Crippen LogP contribution is 2.33. The van der Waals surface area contributed by atoms with Crippen LogP contribution in [0.4, 0.5) is 4.39 Å². The van der Waals surface area contributed by atoms with Gasteiger partial charge in [-0.1, -0.05) is 18.0 Å². The van der Waals surface area contributed by atoms with Crippen LogP contribution in [-0.2, 0) is 4.74 Å². The van der Waals surface area contributed by atoms with Gasteiger partial charge in [0.15, 0.2) is 0 Å². The molecule has 0 radical (unpaired) electrons. The summed E-state index contributed by atoms with van der Waals surface area (Å²) in [5.41, 5.74) is 0.0174. The number of carbonyl (C=O) groups is 1. The standard InChI is InChI=1S/C16H19ClFNO3/c17-10-4-5-11(13(18)8-10)16(21)19-6-7-22-9-14(19)12-2-1-3-15(12)20/h4-5,8,12,14-15,20H,1-3,6-7,9H2/t12-,14-,15-/m1/s1. The number of hydrogen-bond donors (Lipinski definition) is 1. The molecule has 1 heterocycles. The molecule has 1 saturated carbocycles. The zero-order valence-corrected chi connectivity index (χ0v) is 12.9. The quantitative estimate of drug-likeness (QED) is 0.908. The highest BCUT2D eigenvalue weighted by Gasteiger charge is 2.40. The van der Waals surface area contributed by atoms with Crippen LogP contribution in [0.1, 0.15) is 29.6 Å². The molecule has 1 aliphatic carbocycles. The summed E-state index contributed by atoms with van der Waals surface area (Å²) in [6, 6.07) is 3.87. The van der Waals surface area contributed by atoms with Gasteiger partial charge in [-0.25, -0.2) is 4.39 Å². The number of rotatable bonds is 2. The van der Waals surface area contributed by atoms with Crippen molar-refractivity contribution >= 4 is 17.5 Å². The van der Waals surface area contributed by atoms with Crippen molar-refractivity contribution in [3.63, 3.8) is 0 Å². The van der Waals surface area contributed by atoms with Gasteiger partial charge in [-0.2, -0.15) is 0 Å². The van der Waals surface area contributed by atoms with Crippen molar-refractivity contribution in [2.75, 3.05) is 19.8 Å². The molecule has 2 aliphatic rings. The first-order valence-electron chi connectivity index (χ1n) is 7.60. The molecule has 22 heavy (non-hydrogen) atoms. The largest absolute Gasteiger partial charge is 0.393 e. The van der Waals surface area contributed by atoms with Crippen molar-refractivity contribution in [2.45, 2.75) is 31.4 Å². The van der Waals surface area contributed by atoms with Crippen molar-refractivity contribution in [3.8, 4) is 0 Å². The number of amides is 1. The predicted octanol–water partition coefficient (Wildman–Crippen LogP) is 2.48. The van der Waals surface area contributed by atoms with E-state index in [1.807, 2.05) is 0 Å². The van der Waals surface area contributed by atoms with Crippen LogP contribution in [0.2, 0.25) is 5.02 Å². The van der Waals surface area contributed by atoms with E-state index < -0.39 is 11.9 Å². The first kappa shape index (κ1) is 15.7. The number of ether oxygens (including phenoxy) is 1. The van der Waals surface area contributed by atoms with Crippen LogP contribution < -0.4 is 0 Å². The number of carbonyl (C=O) groups excluding carboxylic acids is 1. The third-order valence-electron chi connectivity index (χ3n) is 4.61. The summed E-state index contributed by atoms with van der Waals surface area (Å²) >= 11 is 5.74. The number of halogens is 2. The van der Waals surface area contributed by atoms with Gasteiger partial charge in [-0.05, 0) is 31.0 Å². The fourth-order valence-electron chi connectivity index (χ4n) is 3.47. The van der Waals surface area contributed by atoms with Gasteiger partial charge < -0.3 is 14.7 Å². The van der Waals surface area contributed by atoms with Crippen LogP contribution in [0.5, 0.6) is 0 Å². The molecule has 1 N–H and O–H groups in total. The molecule has 0 bridgehead atoms. The van der Waals surface area contributed by atoms with Crippen LogP contribution in [0.25, 0.3) is 0 Å². The van der Waals surface area contributed by atoms with Crippen molar-refractivity contribution in [3.05, 3.63) is 34.6 Å². The van der Waals surface area contributed by atoms with Gasteiger partial charge in [0.25, 0.3) is 5.91 Å². The lowest BCUT2D eigenvalue weighted by Crippen LogP contribution is -2.53. The molecule has 1 saturated heterocycles. The molecule has 3 atom stereocenters. The van der Waals surface area contributed by atoms with Gasteiger partial charge in [0, 0.05) is 17.5 Å². The molecule has 6 heteroatoms. The summed E-state index contributed by atoms with van der Waals surface area (Å²) in [7, 11) is 0. The molecule has 1 amide bonds. The lowest BCUT2D eigenvalue weighted by atomic mass is 9.93. The Hall–Kier alpha value is -1.17. The lowest BCUT2D eigenvalue weighted by Gasteiger charge is -2.40. The second-order valence-corrected chi connectivity index (χ2v) is 6.36. The third-order valence-corrected chi connectivity index (χ3v) is 4.85. The summed E-state index contributed by atoms with van der Waals surface area (Å²) in [4.78, 5) is 14.4. The van der Waals surface area contributed by atoms with E-state index in [-0.39, 0.29) is 28.5 Å². The molecule has 2 fully saturated rings. The summed E-state index contributed by atoms with van der Waals surface area (Å²) in [6.45, 7) is 1.23. The van der Waals surface area contributed by atoms with Gasteiger partial charge in [-0.3, -0.25) is 4.79 Å². The van der Waals surface area contributed by atoms with E-state index in [1.54, 1.807) is 4.90 Å². The average Bonchev–Trinajstić information content (AvgIpc) is 2.93. The summed E-state index contributed by atoms with van der Waals surface area (Å²) in [5, 5.41) is 10.4. The Labute approximate surface area is 133 Å². The maximum Gasteiger partial charge on any atom is 0.257 e. The topological polar surface area (TPSA) is 49.8 Å². The predicted molar refractivity (Wildman–Crippen MR) is 80.4 cm³/mol. The second kappa shape index (κ2) is 6.52. The smallest absolute Gasteiger partial charge is 0.257 e. The van der Waals surface area contributed by atoms with E-state index in [4.69, 9.17) is 16.3 Å². The number of aliphatic hydroxyl groups is 1. The van der Waals surface area contributed by atoms with Crippen LogP contribution in [0.3, 0.4) is 0 Å². The molecule has 3 rings (SSSR count). The minimum absolute atomic E-state index is 0.000360. The summed E-state index contributed by atoms with van der Waals surface area (Å²) in [6.07, 6.45) is 2.14. The molecule has 4 nitrogen and oxygen atoms in total. The molecular weight excluding hydrogens is 309 g/mol. The van der Waals surface area contributed by atoms with Crippen LogP contribution in [0.15, 0.2) is 18.2 Å². The monoisotopic (exact) mass is 327 g/mol. The van der Waals surface area contributed by atoms with E-state index >= 15 is 0 Å². The Bertz CT molecular complexity index is 568. The van der Waals surface area contributed by atoms with Gasteiger partial charge >= 0.3 is 0 Å². The molecule has 0 spiro atoms. The van der Waals surface area contributed by atoms with Crippen molar-refractivity contribution in [1.29, 1.82) is 0 Å². The molecule has 0 unspecified atom stereocenters. The van der Waals surface area contributed by atoms with Crippen molar-refractivity contribution in [2.24, 2.45) is 5.92 Å². The van der Waals surface area contributed by atoms with Crippen molar-refractivity contribution in [1.82, 2.24) is 4.90 Å². The Kier molecular flexibility index (Phi) is 4.66. The zero-order valence-electron chi connectivity index (χ0n) is 12.2. The Morgan fingerprint density at radius 1 is 1.41 bits per heavy atom. The van der Waals surface area contributed by atoms with E-state index in [1.165, 1.54) is 12.1 Å². The normalized spacial score (nSPS) is 28.9. The first-order chi connectivity index (χ1) is 10.6. The molecule has 1 aliphatic heterocycles. The SMILES string of the molecule is O=C(c1ccc(Cl)cc1F)N1CCOC[C@@H]1[C@H]1CCC[C@H]1O. The van der Waals surface area contributed by atoms with Crippen LogP contribution in [-0.4, -0.2) is 47.8 Å². The minimum atomic E-state index is -0.616. The molecule has 120 valence electrons. The zero-order chi connectivity index (χ0) is 15.7. The number of benzene rings is 1. The van der Waals surface area contributed by atoms with Gasteiger partial charge in [0.1, 0.15) is 5.82 Å². The number of hydrogen-bond acceptors (Lipinski definition) is 3. The molecule has 1 aromatic carbocycles. The van der Waals surface area contributed by atoms with E-state index in [0.29, 0.717) is 19.8 Å². The van der Waals surface area contributed by atoms with Crippen LogP contribution >= 0.6 is 11.6 Å². The maximum absolute atomic E-state index is 14.0. The highest BCUT2D eigenvalue weighted by atomic mass is 35.5. The van der Waals surface area contributed by atoms with E-state index in [9.17, 15) is 14.3 Å². The Morgan fingerprint density at radius 2 is 2.23 bits per heavy atom. The Balaban J connectivity index is 1.85. The second-order valence-electron chi connectivity index (χ2n) is 5.93.